The first kappa shape index (κ1) is 31.3. The summed E-state index contributed by atoms with van der Waals surface area (Å²) in [7, 11) is 3.31. The van der Waals surface area contributed by atoms with Gasteiger partial charge in [0.25, 0.3) is 0 Å². The standard InChI is InChI=1S/C32H37ClFN5O5/c1-32(2,3)44-31(42)38-11-9-37(10-12-38)28-15-21(18-35-26(28)19-43-5)24-17-22(34)16-23(29(24)40)20-6-7-27(25(33)14-20)39-13-8-36(4)30(39)41/h6-7,14-18,40H,8-13,19H2,1-5H3. The summed E-state index contributed by atoms with van der Waals surface area (Å²) < 4.78 is 26.0. The highest BCUT2D eigenvalue weighted by atomic mass is 35.5. The lowest BCUT2D eigenvalue weighted by atomic mass is 9.97. The van der Waals surface area contributed by atoms with Gasteiger partial charge in [-0.3, -0.25) is 9.88 Å². The Kier molecular flexibility index (Phi) is 8.90. The van der Waals surface area contributed by atoms with Crippen LogP contribution in [-0.4, -0.2) is 91.0 Å². The van der Waals surface area contributed by atoms with Gasteiger partial charge in [-0.1, -0.05) is 17.7 Å². The molecule has 0 aliphatic carbocycles. The largest absolute Gasteiger partial charge is 0.507 e. The number of phenolic OH excluding ortho intramolecular Hbond substituents is 1. The topological polar surface area (TPSA) is 98.7 Å². The van der Waals surface area contributed by atoms with Gasteiger partial charge in [-0.2, -0.15) is 0 Å². The van der Waals surface area contributed by atoms with Crippen molar-refractivity contribution in [1.82, 2.24) is 14.8 Å². The average Bonchev–Trinajstić information content (AvgIpc) is 3.31. The number of carbonyl (C=O) groups is 2. The molecular formula is C32H37ClFN5O5. The van der Waals surface area contributed by atoms with Crippen LogP contribution in [-0.2, 0) is 16.1 Å². The maximum absolute atomic E-state index is 15.1. The number of pyridine rings is 1. The molecule has 1 aromatic heterocycles. The summed E-state index contributed by atoms with van der Waals surface area (Å²) in [4.78, 5) is 36.6. The molecule has 2 fully saturated rings. The SMILES string of the molecule is COCc1ncc(-c2cc(F)cc(-c3ccc(N4CCN(C)C4=O)c(Cl)c3)c2O)cc1N1CCN(C(=O)OC(C)(C)C)CC1. The molecule has 1 N–H and O–H groups in total. The summed E-state index contributed by atoms with van der Waals surface area (Å²) >= 11 is 6.59. The molecule has 0 bridgehead atoms. The molecule has 0 radical (unpaired) electrons. The van der Waals surface area contributed by atoms with E-state index in [2.05, 4.69) is 9.88 Å². The summed E-state index contributed by atoms with van der Waals surface area (Å²) in [6, 6.07) is 9.26. The smallest absolute Gasteiger partial charge is 0.410 e. The van der Waals surface area contributed by atoms with E-state index in [1.165, 1.54) is 12.1 Å². The number of aromatic hydroxyl groups is 1. The molecule has 5 rings (SSSR count). The number of carbonyl (C=O) groups excluding carboxylic acids is 2. The Labute approximate surface area is 261 Å². The number of methoxy groups -OCH3 is 1. The number of nitrogens with zero attached hydrogens (tertiary/aromatic N) is 5. The normalized spacial score (nSPS) is 15.8. The molecule has 0 spiro atoms. The van der Waals surface area contributed by atoms with Gasteiger partial charge in [-0.15, -0.1) is 0 Å². The average molecular weight is 626 g/mol. The molecule has 3 heterocycles. The monoisotopic (exact) mass is 625 g/mol. The Hall–Kier alpha value is -4.09. The van der Waals surface area contributed by atoms with Crippen LogP contribution in [0.1, 0.15) is 26.5 Å². The quantitative estimate of drug-likeness (QED) is 0.359. The minimum absolute atomic E-state index is 0.130. The highest BCUT2D eigenvalue weighted by molar-refractivity contribution is 6.34. The zero-order valence-electron chi connectivity index (χ0n) is 25.6. The van der Waals surface area contributed by atoms with Crippen LogP contribution in [0.3, 0.4) is 0 Å². The van der Waals surface area contributed by atoms with Crippen molar-refractivity contribution in [2.75, 3.05) is 63.2 Å². The fourth-order valence-electron chi connectivity index (χ4n) is 5.41. The highest BCUT2D eigenvalue weighted by Gasteiger charge is 2.29. The molecule has 0 unspecified atom stereocenters. The molecule has 10 nitrogen and oxygen atoms in total. The fourth-order valence-corrected chi connectivity index (χ4v) is 5.69. The van der Waals surface area contributed by atoms with E-state index in [1.807, 2.05) is 26.8 Å². The molecule has 2 aliphatic rings. The van der Waals surface area contributed by atoms with Crippen molar-refractivity contribution in [3.8, 4) is 28.0 Å². The van der Waals surface area contributed by atoms with Crippen molar-refractivity contribution in [2.45, 2.75) is 33.0 Å². The van der Waals surface area contributed by atoms with Gasteiger partial charge in [0.1, 0.15) is 17.2 Å². The third-order valence-electron chi connectivity index (χ3n) is 7.65. The number of hydrogen-bond donors (Lipinski definition) is 1. The number of rotatable bonds is 6. The summed E-state index contributed by atoms with van der Waals surface area (Å²) in [5.41, 5.74) is 2.96. The zero-order valence-corrected chi connectivity index (χ0v) is 26.3. The maximum Gasteiger partial charge on any atom is 0.410 e. The Morgan fingerprint density at radius 1 is 1.00 bits per heavy atom. The fraction of sp³-hybridized carbons (Fsp3) is 0.406. The number of amides is 3. The van der Waals surface area contributed by atoms with E-state index in [0.29, 0.717) is 66.8 Å². The Morgan fingerprint density at radius 3 is 2.27 bits per heavy atom. The van der Waals surface area contributed by atoms with Crippen LogP contribution in [0.4, 0.5) is 25.4 Å². The van der Waals surface area contributed by atoms with Gasteiger partial charge in [-0.05, 0) is 56.7 Å². The molecule has 0 saturated carbocycles. The number of hydrogen-bond acceptors (Lipinski definition) is 7. The van der Waals surface area contributed by atoms with Crippen LogP contribution in [0.5, 0.6) is 5.75 Å². The molecule has 12 heteroatoms. The lowest BCUT2D eigenvalue weighted by Crippen LogP contribution is -2.50. The van der Waals surface area contributed by atoms with E-state index in [9.17, 15) is 14.7 Å². The van der Waals surface area contributed by atoms with Crippen molar-refractivity contribution >= 4 is 35.1 Å². The zero-order chi connectivity index (χ0) is 31.8. The van der Waals surface area contributed by atoms with Crippen molar-refractivity contribution < 1.29 is 28.6 Å². The van der Waals surface area contributed by atoms with E-state index in [-0.39, 0.29) is 35.6 Å². The van der Waals surface area contributed by atoms with Gasteiger partial charge in [0.05, 0.1) is 28.7 Å². The number of phenols is 1. The van der Waals surface area contributed by atoms with E-state index < -0.39 is 11.4 Å². The molecule has 44 heavy (non-hydrogen) atoms. The number of anilines is 2. The molecule has 2 aliphatic heterocycles. The van der Waals surface area contributed by atoms with Gasteiger partial charge < -0.3 is 29.3 Å². The van der Waals surface area contributed by atoms with Crippen LogP contribution >= 0.6 is 11.6 Å². The van der Waals surface area contributed by atoms with Crippen LogP contribution in [0.15, 0.2) is 42.6 Å². The number of aromatic nitrogens is 1. The van der Waals surface area contributed by atoms with Crippen molar-refractivity contribution in [3.63, 3.8) is 0 Å². The van der Waals surface area contributed by atoms with E-state index in [0.717, 1.165) is 5.69 Å². The minimum atomic E-state index is -0.582. The predicted molar refractivity (Wildman–Crippen MR) is 168 cm³/mol. The number of ether oxygens (including phenoxy) is 2. The maximum atomic E-state index is 15.1. The third kappa shape index (κ3) is 6.53. The lowest BCUT2D eigenvalue weighted by molar-refractivity contribution is 0.0240. The first-order valence-electron chi connectivity index (χ1n) is 14.4. The number of benzene rings is 2. The van der Waals surface area contributed by atoms with Crippen LogP contribution in [0, 0.1) is 5.82 Å². The number of likely N-dealkylation sites (N-methyl/N-ethyl adjacent to an activating group) is 1. The first-order valence-corrected chi connectivity index (χ1v) is 14.8. The second kappa shape index (κ2) is 12.5. The van der Waals surface area contributed by atoms with Crippen molar-refractivity contribution in [1.29, 1.82) is 0 Å². The van der Waals surface area contributed by atoms with Gasteiger partial charge in [0.2, 0.25) is 0 Å². The van der Waals surface area contributed by atoms with Crippen LogP contribution in [0.25, 0.3) is 22.3 Å². The molecular weight excluding hydrogens is 589 g/mol. The molecule has 2 saturated heterocycles. The third-order valence-corrected chi connectivity index (χ3v) is 7.95. The van der Waals surface area contributed by atoms with E-state index in [1.54, 1.807) is 53.3 Å². The second-order valence-corrected chi connectivity index (χ2v) is 12.4. The highest BCUT2D eigenvalue weighted by Crippen LogP contribution is 2.42. The first-order chi connectivity index (χ1) is 20.9. The molecule has 2 aromatic carbocycles. The molecule has 3 aromatic rings. The van der Waals surface area contributed by atoms with Gasteiger partial charge in [-0.25, -0.2) is 14.0 Å². The van der Waals surface area contributed by atoms with Crippen LogP contribution < -0.4 is 9.80 Å². The molecule has 0 atom stereocenters. The van der Waals surface area contributed by atoms with Gasteiger partial charge in [0.15, 0.2) is 0 Å². The van der Waals surface area contributed by atoms with E-state index >= 15 is 4.39 Å². The number of urea groups is 1. The molecule has 234 valence electrons. The van der Waals surface area contributed by atoms with Gasteiger partial charge >= 0.3 is 12.1 Å². The van der Waals surface area contributed by atoms with Crippen molar-refractivity contribution in [2.24, 2.45) is 0 Å². The summed E-state index contributed by atoms with van der Waals surface area (Å²) in [6.07, 6.45) is 1.23. The van der Waals surface area contributed by atoms with Crippen LogP contribution in [0.2, 0.25) is 5.02 Å². The lowest BCUT2D eigenvalue weighted by Gasteiger charge is -2.37. The Bertz CT molecular complexity index is 1570. The predicted octanol–water partition coefficient (Wildman–Crippen LogP) is 5.99. The second-order valence-electron chi connectivity index (χ2n) is 11.9. The summed E-state index contributed by atoms with van der Waals surface area (Å²) in [5.74, 6) is -0.674. The Balaban J connectivity index is 1.44. The summed E-state index contributed by atoms with van der Waals surface area (Å²) in [6.45, 7) is 8.82. The van der Waals surface area contributed by atoms with E-state index in [4.69, 9.17) is 21.1 Å². The molecule has 3 amide bonds. The number of piperazine rings is 1. The number of halogens is 2. The summed E-state index contributed by atoms with van der Waals surface area (Å²) in [5, 5.41) is 11.7. The van der Waals surface area contributed by atoms with Crippen molar-refractivity contribution in [3.05, 3.63) is 59.1 Å². The van der Waals surface area contributed by atoms with Gasteiger partial charge in [0, 0.05) is 76.3 Å². The minimum Gasteiger partial charge on any atom is -0.507 e. The Morgan fingerprint density at radius 2 is 1.68 bits per heavy atom.